The van der Waals surface area contributed by atoms with Gasteiger partial charge in [-0.25, -0.2) is 19.3 Å². The molecule has 0 aliphatic heterocycles. The highest BCUT2D eigenvalue weighted by molar-refractivity contribution is 6.33. The Morgan fingerprint density at radius 1 is 1.45 bits per heavy atom. The molecule has 20 heavy (non-hydrogen) atoms. The smallest absolute Gasteiger partial charge is 0.356 e. The molecule has 2 aromatic rings. The third-order valence-corrected chi connectivity index (χ3v) is 2.67. The second-order valence-corrected chi connectivity index (χ2v) is 4.11. The standard InChI is InChI=1S/C12H10ClN3O4/c1-2-20-12(19)7-5-14-16(6-7)9-4-3-8(13)10(15-9)11(17)18/h3-6H,2H2,1H3,(H,17,18). The lowest BCUT2D eigenvalue weighted by Gasteiger charge is -2.03. The minimum atomic E-state index is -1.24. The maximum atomic E-state index is 11.5. The fraction of sp³-hybridized carbons (Fsp3) is 0.167. The number of hydrogen-bond acceptors (Lipinski definition) is 5. The average molecular weight is 296 g/mol. The molecule has 1 N–H and O–H groups in total. The molecule has 0 unspecified atom stereocenters. The van der Waals surface area contributed by atoms with E-state index in [4.69, 9.17) is 21.4 Å². The lowest BCUT2D eigenvalue weighted by molar-refractivity contribution is 0.0525. The number of ether oxygens (including phenoxy) is 1. The Kier molecular flexibility index (Phi) is 3.99. The first-order valence-electron chi connectivity index (χ1n) is 5.65. The normalized spacial score (nSPS) is 10.3. The van der Waals surface area contributed by atoms with Crippen LogP contribution in [0.2, 0.25) is 5.02 Å². The van der Waals surface area contributed by atoms with E-state index in [9.17, 15) is 9.59 Å². The first-order chi connectivity index (χ1) is 9.52. The summed E-state index contributed by atoms with van der Waals surface area (Å²) in [5.41, 5.74) is -0.0298. The zero-order valence-corrected chi connectivity index (χ0v) is 11.2. The summed E-state index contributed by atoms with van der Waals surface area (Å²) in [5, 5.41) is 12.9. The molecule has 0 saturated heterocycles. The van der Waals surface area contributed by atoms with E-state index < -0.39 is 11.9 Å². The summed E-state index contributed by atoms with van der Waals surface area (Å²) in [7, 11) is 0. The number of carbonyl (C=O) groups excluding carboxylic acids is 1. The lowest BCUT2D eigenvalue weighted by atomic mass is 10.3. The molecule has 2 heterocycles. The SMILES string of the molecule is CCOC(=O)c1cnn(-c2ccc(Cl)c(C(=O)O)n2)c1. The molecule has 0 radical (unpaired) electrons. The van der Waals surface area contributed by atoms with Crippen LogP contribution in [-0.4, -0.2) is 38.4 Å². The second kappa shape index (κ2) is 5.70. The zero-order chi connectivity index (χ0) is 14.7. The number of halogens is 1. The average Bonchev–Trinajstić information content (AvgIpc) is 2.89. The summed E-state index contributed by atoms with van der Waals surface area (Å²) in [6.07, 6.45) is 2.72. The van der Waals surface area contributed by atoms with Crippen molar-refractivity contribution in [2.75, 3.05) is 6.61 Å². The summed E-state index contributed by atoms with van der Waals surface area (Å²) in [5.74, 6) is -1.51. The molecule has 0 atom stereocenters. The third kappa shape index (κ3) is 2.77. The number of carboxylic acids is 1. The number of carboxylic acid groups (broad SMARTS) is 1. The van der Waals surface area contributed by atoms with Gasteiger partial charge in [-0.2, -0.15) is 5.10 Å². The Labute approximate surface area is 118 Å². The quantitative estimate of drug-likeness (QED) is 0.864. The molecule has 0 amide bonds. The molecule has 2 aromatic heterocycles. The molecular weight excluding hydrogens is 286 g/mol. The molecule has 0 aliphatic rings. The number of pyridine rings is 1. The van der Waals surface area contributed by atoms with Crippen molar-refractivity contribution in [3.8, 4) is 5.82 Å². The van der Waals surface area contributed by atoms with E-state index in [2.05, 4.69) is 10.1 Å². The van der Waals surface area contributed by atoms with Crippen LogP contribution in [0, 0.1) is 0 Å². The van der Waals surface area contributed by atoms with Gasteiger partial charge in [0.2, 0.25) is 0 Å². The van der Waals surface area contributed by atoms with Crippen molar-refractivity contribution < 1.29 is 19.4 Å². The van der Waals surface area contributed by atoms with Gasteiger partial charge in [-0.15, -0.1) is 0 Å². The molecule has 0 saturated carbocycles. The van der Waals surface area contributed by atoms with Crippen molar-refractivity contribution in [2.24, 2.45) is 0 Å². The zero-order valence-electron chi connectivity index (χ0n) is 10.4. The summed E-state index contributed by atoms with van der Waals surface area (Å²) in [6.45, 7) is 1.95. The number of aromatic carboxylic acids is 1. The Balaban J connectivity index is 2.35. The molecule has 2 rings (SSSR count). The Morgan fingerprint density at radius 2 is 2.20 bits per heavy atom. The number of esters is 1. The van der Waals surface area contributed by atoms with Crippen molar-refractivity contribution in [3.63, 3.8) is 0 Å². The van der Waals surface area contributed by atoms with Crippen molar-refractivity contribution >= 4 is 23.5 Å². The van der Waals surface area contributed by atoms with Crippen molar-refractivity contribution in [2.45, 2.75) is 6.92 Å². The fourth-order valence-electron chi connectivity index (χ4n) is 1.48. The Morgan fingerprint density at radius 3 is 2.85 bits per heavy atom. The molecule has 7 nitrogen and oxygen atoms in total. The monoisotopic (exact) mass is 295 g/mol. The van der Waals surface area contributed by atoms with Gasteiger partial charge in [-0.3, -0.25) is 0 Å². The van der Waals surface area contributed by atoms with Crippen molar-refractivity contribution in [3.05, 3.63) is 40.8 Å². The van der Waals surface area contributed by atoms with E-state index in [1.165, 1.54) is 29.2 Å². The first-order valence-corrected chi connectivity index (χ1v) is 6.02. The van der Waals surface area contributed by atoms with Crippen LogP contribution in [0.5, 0.6) is 0 Å². The minimum absolute atomic E-state index is 0.0269. The van der Waals surface area contributed by atoms with Gasteiger partial charge in [0.25, 0.3) is 0 Å². The summed E-state index contributed by atoms with van der Waals surface area (Å²) < 4.78 is 6.10. The van der Waals surface area contributed by atoms with E-state index in [0.29, 0.717) is 0 Å². The first kappa shape index (κ1) is 14.0. The predicted octanol–water partition coefficient (Wildman–Crippen LogP) is 1.80. The van der Waals surface area contributed by atoms with Crippen LogP contribution in [0.1, 0.15) is 27.8 Å². The third-order valence-electron chi connectivity index (χ3n) is 2.36. The number of carbonyl (C=O) groups is 2. The van der Waals surface area contributed by atoms with E-state index in [0.717, 1.165) is 0 Å². The highest BCUT2D eigenvalue weighted by atomic mass is 35.5. The summed E-state index contributed by atoms with van der Waals surface area (Å²) >= 11 is 5.73. The molecule has 8 heteroatoms. The van der Waals surface area contributed by atoms with Crippen LogP contribution in [0.3, 0.4) is 0 Å². The summed E-state index contributed by atoms with van der Waals surface area (Å²) in [4.78, 5) is 26.3. The van der Waals surface area contributed by atoms with Crippen LogP contribution in [0.15, 0.2) is 24.5 Å². The van der Waals surface area contributed by atoms with Crippen molar-refractivity contribution in [1.29, 1.82) is 0 Å². The van der Waals surface area contributed by atoms with E-state index >= 15 is 0 Å². The largest absolute Gasteiger partial charge is 0.476 e. The number of aromatic nitrogens is 3. The van der Waals surface area contributed by atoms with Gasteiger partial charge in [0.1, 0.15) is 0 Å². The van der Waals surface area contributed by atoms with Gasteiger partial charge in [0, 0.05) is 6.20 Å². The molecule has 0 fully saturated rings. The number of rotatable bonds is 4. The molecule has 0 aromatic carbocycles. The predicted molar refractivity (Wildman–Crippen MR) is 69.3 cm³/mol. The minimum Gasteiger partial charge on any atom is -0.476 e. The van der Waals surface area contributed by atoms with Gasteiger partial charge >= 0.3 is 11.9 Å². The Bertz CT molecular complexity index is 668. The van der Waals surface area contributed by atoms with Gasteiger partial charge in [0.05, 0.1) is 23.4 Å². The van der Waals surface area contributed by atoms with Gasteiger partial charge in [-0.05, 0) is 19.1 Å². The summed E-state index contributed by atoms with van der Waals surface area (Å²) in [6, 6.07) is 2.90. The highest BCUT2D eigenvalue weighted by Gasteiger charge is 2.14. The molecule has 104 valence electrons. The van der Waals surface area contributed by atoms with Gasteiger partial charge in [0.15, 0.2) is 11.5 Å². The van der Waals surface area contributed by atoms with Crippen LogP contribution in [0.4, 0.5) is 0 Å². The molecule has 0 aliphatic carbocycles. The topological polar surface area (TPSA) is 94.3 Å². The maximum absolute atomic E-state index is 11.5. The molecule has 0 bridgehead atoms. The van der Waals surface area contributed by atoms with Crippen LogP contribution < -0.4 is 0 Å². The van der Waals surface area contributed by atoms with Crippen LogP contribution in [-0.2, 0) is 4.74 Å². The lowest BCUT2D eigenvalue weighted by Crippen LogP contribution is -2.06. The van der Waals surface area contributed by atoms with Gasteiger partial charge in [-0.1, -0.05) is 11.6 Å². The highest BCUT2D eigenvalue weighted by Crippen LogP contribution is 2.16. The van der Waals surface area contributed by atoms with E-state index in [1.54, 1.807) is 6.92 Å². The van der Waals surface area contributed by atoms with Crippen molar-refractivity contribution in [1.82, 2.24) is 14.8 Å². The molecular formula is C12H10ClN3O4. The maximum Gasteiger partial charge on any atom is 0.356 e. The van der Waals surface area contributed by atoms with E-state index in [1.807, 2.05) is 0 Å². The molecule has 0 spiro atoms. The van der Waals surface area contributed by atoms with E-state index in [-0.39, 0.29) is 28.7 Å². The second-order valence-electron chi connectivity index (χ2n) is 3.70. The van der Waals surface area contributed by atoms with Crippen LogP contribution >= 0.6 is 11.6 Å². The van der Waals surface area contributed by atoms with Crippen LogP contribution in [0.25, 0.3) is 5.82 Å². The number of hydrogen-bond donors (Lipinski definition) is 1. The number of nitrogens with zero attached hydrogens (tertiary/aromatic N) is 3. The Hall–Kier alpha value is -2.41. The van der Waals surface area contributed by atoms with Gasteiger partial charge < -0.3 is 9.84 Å². The fourth-order valence-corrected chi connectivity index (χ4v) is 1.66.